The van der Waals surface area contributed by atoms with E-state index in [1.54, 1.807) is 32.1 Å². The van der Waals surface area contributed by atoms with Crippen molar-refractivity contribution >= 4 is 6.29 Å². The SMILES string of the molecule is CC.CC(C)C=O.CCCC.CCCC(C)C1CCC2C3CCCCCCCC(C)C3CCC12C. The van der Waals surface area contributed by atoms with Crippen LogP contribution >= 0.6 is 0 Å². The van der Waals surface area contributed by atoms with Crippen LogP contribution in [0.1, 0.15) is 166 Å². The van der Waals surface area contributed by atoms with Gasteiger partial charge in [-0.3, -0.25) is 0 Å². The van der Waals surface area contributed by atoms with E-state index in [2.05, 4.69) is 41.5 Å². The number of hydrogen-bond donors (Lipinski definition) is 0. The van der Waals surface area contributed by atoms with Crippen molar-refractivity contribution in [3.8, 4) is 0 Å². The van der Waals surface area contributed by atoms with E-state index >= 15 is 0 Å². The molecule has 0 radical (unpaired) electrons. The van der Waals surface area contributed by atoms with Gasteiger partial charge in [0.05, 0.1) is 0 Å². The zero-order valence-electron chi connectivity index (χ0n) is 26.1. The van der Waals surface area contributed by atoms with Crippen LogP contribution in [-0.4, -0.2) is 6.29 Å². The number of aldehydes is 1. The number of fused-ring (bicyclic) bond motifs is 3. The minimum atomic E-state index is 0.204. The molecule has 3 saturated carbocycles. The molecule has 0 aromatic rings. The van der Waals surface area contributed by atoms with Crippen molar-refractivity contribution in [3.63, 3.8) is 0 Å². The molecule has 35 heavy (non-hydrogen) atoms. The molecule has 210 valence electrons. The van der Waals surface area contributed by atoms with Crippen LogP contribution in [0.3, 0.4) is 0 Å². The lowest BCUT2D eigenvalue weighted by atomic mass is 9.53. The lowest BCUT2D eigenvalue weighted by Crippen LogP contribution is -2.44. The molecular formula is C34H68O. The smallest absolute Gasteiger partial charge is 0.122 e. The number of hydrogen-bond acceptors (Lipinski definition) is 1. The Morgan fingerprint density at radius 1 is 0.771 bits per heavy atom. The summed E-state index contributed by atoms with van der Waals surface area (Å²) >= 11 is 0. The van der Waals surface area contributed by atoms with Gasteiger partial charge in [0.1, 0.15) is 6.29 Å². The third-order valence-corrected chi connectivity index (χ3v) is 9.70. The van der Waals surface area contributed by atoms with Gasteiger partial charge in [-0.05, 0) is 73.0 Å². The minimum absolute atomic E-state index is 0.204. The molecule has 0 amide bonds. The van der Waals surface area contributed by atoms with Gasteiger partial charge >= 0.3 is 0 Å². The van der Waals surface area contributed by atoms with Crippen molar-refractivity contribution in [2.24, 2.45) is 46.8 Å². The molecule has 0 saturated heterocycles. The normalized spacial score (nSPS) is 33.3. The van der Waals surface area contributed by atoms with Crippen molar-refractivity contribution in [1.82, 2.24) is 0 Å². The molecule has 0 aromatic carbocycles. The molecular weight excluding hydrogens is 424 g/mol. The van der Waals surface area contributed by atoms with E-state index < -0.39 is 0 Å². The minimum Gasteiger partial charge on any atom is -0.303 e. The first-order valence-electron chi connectivity index (χ1n) is 16.2. The van der Waals surface area contributed by atoms with Gasteiger partial charge in [0, 0.05) is 5.92 Å². The Morgan fingerprint density at radius 3 is 1.83 bits per heavy atom. The molecule has 0 heterocycles. The molecule has 0 aliphatic heterocycles. The van der Waals surface area contributed by atoms with Crippen LogP contribution in [-0.2, 0) is 4.79 Å². The second kappa shape index (κ2) is 19.7. The summed E-state index contributed by atoms with van der Waals surface area (Å²) in [6.07, 6.45) is 23.2. The Kier molecular flexibility index (Phi) is 19.6. The molecule has 0 bridgehead atoms. The summed E-state index contributed by atoms with van der Waals surface area (Å²) in [5.74, 6) is 6.35. The van der Waals surface area contributed by atoms with Crippen LogP contribution in [0.2, 0.25) is 0 Å². The predicted molar refractivity (Wildman–Crippen MR) is 159 cm³/mol. The maximum Gasteiger partial charge on any atom is 0.122 e. The monoisotopic (exact) mass is 493 g/mol. The molecule has 3 aliphatic carbocycles. The summed E-state index contributed by atoms with van der Waals surface area (Å²) in [6.45, 7) is 22.4. The highest BCUT2D eigenvalue weighted by Crippen LogP contribution is 2.63. The topological polar surface area (TPSA) is 17.1 Å². The highest BCUT2D eigenvalue weighted by molar-refractivity contribution is 5.51. The third-order valence-electron chi connectivity index (χ3n) is 9.70. The molecule has 3 rings (SSSR count). The summed E-state index contributed by atoms with van der Waals surface area (Å²) in [7, 11) is 0. The van der Waals surface area contributed by atoms with E-state index in [1.807, 2.05) is 27.7 Å². The summed E-state index contributed by atoms with van der Waals surface area (Å²) in [5, 5.41) is 0. The van der Waals surface area contributed by atoms with Crippen LogP contribution in [0.4, 0.5) is 0 Å². The standard InChI is InChI=1S/C24H44.C4H8O.C4H10.C2H6/c1-5-11-19(3)22-14-15-23-21-13-10-8-6-7-9-12-18(2)20(21)16-17-24(22,23)4;1-4(2)3-5;1-3-4-2;1-2/h18-23H,5-17H2,1-4H3;3-4H,1-2H3;3-4H2,1-2H3;1-2H3. The zero-order chi connectivity index (χ0) is 26.9. The maximum atomic E-state index is 9.50. The largest absolute Gasteiger partial charge is 0.303 e. The van der Waals surface area contributed by atoms with Crippen molar-refractivity contribution in [2.75, 3.05) is 0 Å². The van der Waals surface area contributed by atoms with Gasteiger partial charge in [-0.2, -0.15) is 0 Å². The third kappa shape index (κ3) is 11.3. The van der Waals surface area contributed by atoms with Crippen LogP contribution in [0.5, 0.6) is 0 Å². The summed E-state index contributed by atoms with van der Waals surface area (Å²) in [4.78, 5) is 9.50. The number of rotatable bonds is 5. The van der Waals surface area contributed by atoms with E-state index in [0.717, 1.165) is 41.8 Å². The number of unbranched alkanes of at least 4 members (excludes halogenated alkanes) is 1. The fourth-order valence-corrected chi connectivity index (χ4v) is 7.66. The average molecular weight is 493 g/mol. The molecule has 3 aliphatic rings. The van der Waals surface area contributed by atoms with Crippen LogP contribution in [0.25, 0.3) is 0 Å². The van der Waals surface area contributed by atoms with E-state index in [0.29, 0.717) is 5.41 Å². The van der Waals surface area contributed by atoms with E-state index in [9.17, 15) is 4.79 Å². The van der Waals surface area contributed by atoms with Crippen molar-refractivity contribution in [3.05, 3.63) is 0 Å². The van der Waals surface area contributed by atoms with Crippen LogP contribution < -0.4 is 0 Å². The van der Waals surface area contributed by atoms with E-state index in [4.69, 9.17) is 0 Å². The van der Waals surface area contributed by atoms with Crippen LogP contribution in [0.15, 0.2) is 0 Å². The maximum absolute atomic E-state index is 9.50. The second-order valence-electron chi connectivity index (χ2n) is 12.6. The van der Waals surface area contributed by atoms with Crippen molar-refractivity contribution < 1.29 is 4.79 Å². The highest BCUT2D eigenvalue weighted by atomic mass is 16.1. The molecule has 3 fully saturated rings. The van der Waals surface area contributed by atoms with Gasteiger partial charge in [0.25, 0.3) is 0 Å². The Morgan fingerprint density at radius 2 is 1.31 bits per heavy atom. The summed E-state index contributed by atoms with van der Waals surface area (Å²) < 4.78 is 0. The molecule has 0 spiro atoms. The molecule has 0 aromatic heterocycles. The van der Waals surface area contributed by atoms with Crippen molar-refractivity contribution in [1.29, 1.82) is 0 Å². The van der Waals surface area contributed by atoms with Gasteiger partial charge in [-0.25, -0.2) is 0 Å². The highest BCUT2D eigenvalue weighted by Gasteiger charge is 2.54. The molecule has 7 atom stereocenters. The fourth-order valence-electron chi connectivity index (χ4n) is 7.66. The Bertz CT molecular complexity index is 495. The first-order chi connectivity index (χ1) is 16.8. The quantitative estimate of drug-likeness (QED) is 0.349. The number of carbonyl (C=O) groups excluding carboxylic acids is 1. The lowest BCUT2D eigenvalue weighted by molar-refractivity contribution is -0.110. The fraction of sp³-hybridized carbons (Fsp3) is 0.971. The van der Waals surface area contributed by atoms with Gasteiger partial charge in [0.2, 0.25) is 0 Å². The van der Waals surface area contributed by atoms with Gasteiger partial charge in [0.15, 0.2) is 0 Å². The molecule has 1 heteroatoms. The number of carbonyl (C=O) groups is 1. The first kappa shape index (κ1) is 34.7. The summed E-state index contributed by atoms with van der Waals surface area (Å²) in [6, 6.07) is 0. The average Bonchev–Trinajstić information content (AvgIpc) is 3.22. The molecule has 1 nitrogen and oxygen atoms in total. The van der Waals surface area contributed by atoms with E-state index in [-0.39, 0.29) is 5.92 Å². The van der Waals surface area contributed by atoms with Gasteiger partial charge in [-0.15, -0.1) is 0 Å². The Hall–Kier alpha value is -0.330. The lowest BCUT2D eigenvalue weighted by Gasteiger charge is -2.52. The van der Waals surface area contributed by atoms with Crippen LogP contribution in [0, 0.1) is 46.8 Å². The zero-order valence-corrected chi connectivity index (χ0v) is 26.1. The summed E-state index contributed by atoms with van der Waals surface area (Å²) in [5.41, 5.74) is 0.680. The van der Waals surface area contributed by atoms with Gasteiger partial charge < -0.3 is 4.79 Å². The second-order valence-corrected chi connectivity index (χ2v) is 12.6. The Labute approximate surface area is 223 Å². The van der Waals surface area contributed by atoms with Gasteiger partial charge in [-0.1, -0.05) is 133 Å². The Balaban J connectivity index is 0.000000892. The van der Waals surface area contributed by atoms with Crippen molar-refractivity contribution in [2.45, 2.75) is 166 Å². The molecule has 0 N–H and O–H groups in total. The first-order valence-corrected chi connectivity index (χ1v) is 16.2. The van der Waals surface area contributed by atoms with E-state index in [1.165, 1.54) is 64.2 Å². The molecule has 7 unspecified atom stereocenters. The predicted octanol–water partition coefficient (Wildman–Crippen LogP) is 11.5.